The lowest BCUT2D eigenvalue weighted by molar-refractivity contribution is -0.152. The second kappa shape index (κ2) is 5.65. The van der Waals surface area contributed by atoms with Crippen molar-refractivity contribution in [1.82, 2.24) is 0 Å². The average Bonchev–Trinajstić information content (AvgIpc) is 2.22. The molecule has 0 radical (unpaired) electrons. The topological polar surface area (TPSA) is 49.8 Å². The Morgan fingerprint density at radius 2 is 2.12 bits per heavy atom. The molecule has 0 bridgehead atoms. The molecule has 0 amide bonds. The van der Waals surface area contributed by atoms with Crippen LogP contribution in [-0.4, -0.2) is 11.9 Å². The Morgan fingerprint density at radius 3 is 2.65 bits per heavy atom. The maximum absolute atomic E-state index is 12.3. The van der Waals surface area contributed by atoms with Crippen molar-refractivity contribution in [2.24, 2.45) is 5.92 Å². The van der Waals surface area contributed by atoms with Crippen LogP contribution in [0.15, 0.2) is 27.6 Å². The summed E-state index contributed by atoms with van der Waals surface area (Å²) in [6.07, 6.45) is -4.50. The van der Waals surface area contributed by atoms with Crippen LogP contribution in [0.4, 0.5) is 18.9 Å². The number of rotatable bonds is 3. The molecule has 1 rings (SSSR count). The lowest BCUT2D eigenvalue weighted by Crippen LogP contribution is -2.23. The Hall–Kier alpha value is -0.870. The van der Waals surface area contributed by atoms with Crippen molar-refractivity contribution < 1.29 is 13.2 Å². The zero-order chi connectivity index (χ0) is 13.1. The van der Waals surface area contributed by atoms with E-state index in [9.17, 15) is 13.2 Å². The number of alkyl halides is 3. The maximum Gasteiger partial charge on any atom is 0.405 e. The normalized spacial score (nSPS) is 13.1. The fourth-order valence-corrected chi connectivity index (χ4v) is 2.58. The van der Waals surface area contributed by atoms with Crippen LogP contribution in [0, 0.1) is 17.2 Å². The second-order valence-electron chi connectivity index (χ2n) is 3.22. The number of halogens is 4. The molecule has 1 aromatic carbocycles. The van der Waals surface area contributed by atoms with E-state index in [0.29, 0.717) is 10.6 Å². The van der Waals surface area contributed by atoms with Crippen molar-refractivity contribution in [3.8, 4) is 6.07 Å². The molecule has 1 aromatic rings. The van der Waals surface area contributed by atoms with Gasteiger partial charge in [-0.15, -0.1) is 11.8 Å². The minimum absolute atomic E-state index is 0.360. The van der Waals surface area contributed by atoms with E-state index < -0.39 is 12.1 Å². The fourth-order valence-electron chi connectivity index (χ4n) is 1.01. The van der Waals surface area contributed by atoms with Crippen LogP contribution in [-0.2, 0) is 0 Å². The first-order valence-electron chi connectivity index (χ1n) is 4.48. The van der Waals surface area contributed by atoms with E-state index in [1.165, 1.54) is 6.07 Å². The van der Waals surface area contributed by atoms with Crippen LogP contribution in [0.5, 0.6) is 0 Å². The lowest BCUT2D eigenvalue weighted by atomic mass is 10.2. The van der Waals surface area contributed by atoms with E-state index in [2.05, 4.69) is 15.9 Å². The Balaban J connectivity index is 2.73. The van der Waals surface area contributed by atoms with Gasteiger partial charge in [-0.2, -0.15) is 18.4 Å². The molecule has 0 saturated carbocycles. The molecule has 0 aliphatic rings. The number of hydrogen-bond acceptors (Lipinski definition) is 3. The molecule has 1 unspecified atom stereocenters. The number of nitrogens with two attached hydrogens (primary N) is 1. The predicted octanol–water partition coefficient (Wildman–Crippen LogP) is 3.83. The number of thioether (sulfide) groups is 1. The first-order valence-corrected chi connectivity index (χ1v) is 6.26. The zero-order valence-electron chi connectivity index (χ0n) is 8.46. The van der Waals surface area contributed by atoms with Crippen LogP contribution >= 0.6 is 27.7 Å². The molecule has 0 aliphatic carbocycles. The summed E-state index contributed by atoms with van der Waals surface area (Å²) in [6, 6.07) is 6.18. The van der Waals surface area contributed by atoms with Crippen molar-refractivity contribution in [2.75, 3.05) is 11.5 Å². The predicted molar refractivity (Wildman–Crippen MR) is 64.4 cm³/mol. The third kappa shape index (κ3) is 4.13. The highest BCUT2D eigenvalue weighted by atomic mass is 79.9. The van der Waals surface area contributed by atoms with Gasteiger partial charge in [0.25, 0.3) is 0 Å². The largest absolute Gasteiger partial charge is 0.405 e. The van der Waals surface area contributed by atoms with Gasteiger partial charge in [0.1, 0.15) is 0 Å². The van der Waals surface area contributed by atoms with Crippen molar-refractivity contribution in [3.63, 3.8) is 0 Å². The molecule has 0 heterocycles. The lowest BCUT2D eigenvalue weighted by Gasteiger charge is -2.13. The van der Waals surface area contributed by atoms with Crippen LogP contribution in [0.2, 0.25) is 0 Å². The SMILES string of the molecule is N#CC(CSc1cc(Br)ccc1N)C(F)(F)F. The number of anilines is 1. The summed E-state index contributed by atoms with van der Waals surface area (Å²) in [7, 11) is 0. The monoisotopic (exact) mass is 324 g/mol. The summed E-state index contributed by atoms with van der Waals surface area (Å²) in [5.74, 6) is -2.34. The summed E-state index contributed by atoms with van der Waals surface area (Å²) in [5, 5.41) is 8.44. The van der Waals surface area contributed by atoms with Crippen molar-refractivity contribution in [3.05, 3.63) is 22.7 Å². The first kappa shape index (κ1) is 14.2. The van der Waals surface area contributed by atoms with E-state index in [1.807, 2.05) is 0 Å². The molecule has 0 aliphatic heterocycles. The molecular formula is C10H8BrF3N2S. The molecular weight excluding hydrogens is 317 g/mol. The van der Waals surface area contributed by atoms with E-state index >= 15 is 0 Å². The maximum atomic E-state index is 12.3. The van der Waals surface area contributed by atoms with Gasteiger partial charge in [0.2, 0.25) is 0 Å². The van der Waals surface area contributed by atoms with Gasteiger partial charge in [-0.05, 0) is 18.2 Å². The molecule has 2 N–H and O–H groups in total. The third-order valence-electron chi connectivity index (χ3n) is 1.93. The zero-order valence-corrected chi connectivity index (χ0v) is 10.9. The van der Waals surface area contributed by atoms with Crippen molar-refractivity contribution in [2.45, 2.75) is 11.1 Å². The van der Waals surface area contributed by atoms with Gasteiger partial charge in [-0.25, -0.2) is 0 Å². The van der Waals surface area contributed by atoms with E-state index in [0.717, 1.165) is 16.2 Å². The molecule has 0 spiro atoms. The van der Waals surface area contributed by atoms with Crippen LogP contribution in [0.3, 0.4) is 0 Å². The fraction of sp³-hybridized carbons (Fsp3) is 0.300. The van der Waals surface area contributed by atoms with E-state index in [1.54, 1.807) is 18.2 Å². The number of hydrogen-bond donors (Lipinski definition) is 1. The summed E-state index contributed by atoms with van der Waals surface area (Å²) in [4.78, 5) is 0.531. The Bertz CT molecular complexity index is 442. The smallest absolute Gasteiger partial charge is 0.398 e. The summed E-state index contributed by atoms with van der Waals surface area (Å²) >= 11 is 4.13. The highest BCUT2D eigenvalue weighted by Crippen LogP contribution is 2.34. The average molecular weight is 325 g/mol. The number of benzene rings is 1. The molecule has 0 fully saturated rings. The minimum atomic E-state index is -4.50. The summed E-state index contributed by atoms with van der Waals surface area (Å²) < 4.78 is 37.7. The highest BCUT2D eigenvalue weighted by molar-refractivity contribution is 9.10. The van der Waals surface area contributed by atoms with Gasteiger partial charge in [-0.1, -0.05) is 15.9 Å². The molecule has 17 heavy (non-hydrogen) atoms. The minimum Gasteiger partial charge on any atom is -0.398 e. The second-order valence-corrected chi connectivity index (χ2v) is 5.19. The van der Waals surface area contributed by atoms with E-state index in [-0.39, 0.29) is 5.75 Å². The van der Waals surface area contributed by atoms with Crippen molar-refractivity contribution >= 4 is 33.4 Å². The molecule has 1 atom stereocenters. The van der Waals surface area contributed by atoms with Gasteiger partial charge >= 0.3 is 6.18 Å². The summed E-state index contributed by atoms with van der Waals surface area (Å²) in [6.45, 7) is 0. The van der Waals surface area contributed by atoms with Gasteiger partial charge in [0, 0.05) is 20.8 Å². The molecule has 0 saturated heterocycles. The molecule has 2 nitrogen and oxygen atoms in total. The third-order valence-corrected chi connectivity index (χ3v) is 3.59. The van der Waals surface area contributed by atoms with Gasteiger partial charge in [-0.3, -0.25) is 0 Å². The highest BCUT2D eigenvalue weighted by Gasteiger charge is 2.39. The number of nitriles is 1. The quantitative estimate of drug-likeness (QED) is 0.679. The standard InChI is InChI=1S/C10H8BrF3N2S/c11-7-1-2-8(16)9(3-7)17-5-6(4-15)10(12,13)14/h1-3,6H,5,16H2. The Labute approximate surface area is 109 Å². The van der Waals surface area contributed by atoms with Crippen molar-refractivity contribution in [1.29, 1.82) is 5.26 Å². The van der Waals surface area contributed by atoms with Gasteiger partial charge in [0.05, 0.1) is 6.07 Å². The number of nitrogens with zero attached hydrogens (tertiary/aromatic N) is 1. The van der Waals surface area contributed by atoms with Crippen LogP contribution in [0.25, 0.3) is 0 Å². The molecule has 92 valence electrons. The molecule has 0 aromatic heterocycles. The van der Waals surface area contributed by atoms with Crippen LogP contribution in [0.1, 0.15) is 0 Å². The van der Waals surface area contributed by atoms with Gasteiger partial charge in [0.15, 0.2) is 5.92 Å². The van der Waals surface area contributed by atoms with Crippen LogP contribution < -0.4 is 5.73 Å². The molecule has 7 heteroatoms. The Kier molecular flexibility index (Phi) is 4.71. The summed E-state index contributed by atoms with van der Waals surface area (Å²) in [5.41, 5.74) is 6.02. The first-order chi connectivity index (χ1) is 7.84. The van der Waals surface area contributed by atoms with E-state index in [4.69, 9.17) is 11.0 Å². The van der Waals surface area contributed by atoms with Gasteiger partial charge < -0.3 is 5.73 Å². The Morgan fingerprint density at radius 1 is 1.47 bits per heavy atom. The number of nitrogen functional groups attached to an aromatic ring is 1.